The van der Waals surface area contributed by atoms with Crippen LogP contribution in [0, 0.1) is 0 Å². The van der Waals surface area contributed by atoms with E-state index in [1.807, 2.05) is 0 Å². The minimum absolute atomic E-state index is 0.158. The van der Waals surface area contributed by atoms with Crippen LogP contribution >= 0.6 is 0 Å². The lowest BCUT2D eigenvalue weighted by atomic mass is 10.4. The summed E-state index contributed by atoms with van der Waals surface area (Å²) < 4.78 is 11.8. The Labute approximate surface area is 71.3 Å². The molecule has 1 aromatic heterocycles. The molecule has 0 amide bonds. The minimum Gasteiger partial charge on any atom is -0.356 e. The molecule has 0 unspecified atom stereocenters. The summed E-state index contributed by atoms with van der Waals surface area (Å²) in [7, 11) is 3.24. The smallest absolute Gasteiger partial charge is 0.158 e. The first-order valence-electron chi connectivity index (χ1n) is 3.75. The first-order chi connectivity index (χ1) is 5.86. The van der Waals surface area contributed by atoms with Crippen LogP contribution in [0.2, 0.25) is 0 Å². The van der Waals surface area contributed by atoms with Crippen LogP contribution in [0.1, 0.15) is 6.42 Å². The van der Waals surface area contributed by atoms with E-state index in [1.165, 1.54) is 6.33 Å². The van der Waals surface area contributed by atoms with Gasteiger partial charge in [-0.3, -0.25) is 4.68 Å². The van der Waals surface area contributed by atoms with E-state index in [-0.39, 0.29) is 6.29 Å². The average molecular weight is 171 g/mol. The Morgan fingerprint density at radius 2 is 2.17 bits per heavy atom. The van der Waals surface area contributed by atoms with Crippen molar-refractivity contribution in [1.82, 2.24) is 14.8 Å². The molecule has 1 aromatic rings. The first-order valence-corrected chi connectivity index (χ1v) is 3.75. The lowest BCUT2D eigenvalue weighted by molar-refractivity contribution is -0.108. The number of nitrogens with zero attached hydrogens (tertiary/aromatic N) is 3. The molecule has 0 aromatic carbocycles. The highest BCUT2D eigenvalue weighted by molar-refractivity contribution is 4.56. The van der Waals surface area contributed by atoms with Crippen LogP contribution in [0.25, 0.3) is 0 Å². The van der Waals surface area contributed by atoms with Gasteiger partial charge < -0.3 is 9.47 Å². The molecular weight excluding hydrogens is 158 g/mol. The zero-order valence-electron chi connectivity index (χ0n) is 7.30. The molecule has 1 rings (SSSR count). The molecular formula is C7H13N3O2. The van der Waals surface area contributed by atoms with E-state index in [1.54, 1.807) is 25.2 Å². The van der Waals surface area contributed by atoms with Gasteiger partial charge in [0.1, 0.15) is 12.7 Å². The lowest BCUT2D eigenvalue weighted by Gasteiger charge is -2.12. The van der Waals surface area contributed by atoms with Gasteiger partial charge in [0.25, 0.3) is 0 Å². The van der Waals surface area contributed by atoms with E-state index in [0.717, 1.165) is 13.0 Å². The van der Waals surface area contributed by atoms with Crippen LogP contribution in [0.4, 0.5) is 0 Å². The number of hydrogen-bond donors (Lipinski definition) is 0. The summed E-state index contributed by atoms with van der Waals surface area (Å²) in [6.45, 7) is 0.756. The van der Waals surface area contributed by atoms with E-state index in [4.69, 9.17) is 9.47 Å². The van der Waals surface area contributed by atoms with Crippen LogP contribution in [0.15, 0.2) is 12.7 Å². The second-order valence-electron chi connectivity index (χ2n) is 2.35. The summed E-state index contributed by atoms with van der Waals surface area (Å²) in [6.07, 6.45) is 3.79. The molecule has 5 heteroatoms. The van der Waals surface area contributed by atoms with Crippen molar-refractivity contribution in [2.24, 2.45) is 0 Å². The highest BCUT2D eigenvalue weighted by Gasteiger charge is 2.04. The van der Waals surface area contributed by atoms with Gasteiger partial charge in [-0.1, -0.05) is 0 Å². The molecule has 0 radical (unpaired) electrons. The maximum atomic E-state index is 5.01. The quantitative estimate of drug-likeness (QED) is 0.597. The number of rotatable bonds is 5. The zero-order chi connectivity index (χ0) is 8.81. The monoisotopic (exact) mass is 171 g/mol. The summed E-state index contributed by atoms with van der Waals surface area (Å²) in [5, 5.41) is 3.95. The highest BCUT2D eigenvalue weighted by atomic mass is 16.7. The van der Waals surface area contributed by atoms with Crippen molar-refractivity contribution >= 4 is 0 Å². The van der Waals surface area contributed by atoms with E-state index >= 15 is 0 Å². The third-order valence-corrected chi connectivity index (χ3v) is 1.59. The number of methoxy groups -OCH3 is 2. The van der Waals surface area contributed by atoms with Gasteiger partial charge in [-0.05, 0) is 0 Å². The molecule has 0 N–H and O–H groups in total. The van der Waals surface area contributed by atoms with Gasteiger partial charge in [0.2, 0.25) is 0 Å². The Balaban J connectivity index is 2.25. The zero-order valence-corrected chi connectivity index (χ0v) is 7.30. The summed E-state index contributed by atoms with van der Waals surface area (Å²) in [5.41, 5.74) is 0. The van der Waals surface area contributed by atoms with Crippen LogP contribution in [0.3, 0.4) is 0 Å². The molecule has 0 saturated heterocycles. The van der Waals surface area contributed by atoms with Gasteiger partial charge in [0.15, 0.2) is 6.29 Å². The molecule has 0 atom stereocenters. The van der Waals surface area contributed by atoms with Gasteiger partial charge in [-0.2, -0.15) is 5.10 Å². The predicted molar refractivity (Wildman–Crippen MR) is 42.4 cm³/mol. The Morgan fingerprint density at radius 1 is 1.42 bits per heavy atom. The summed E-state index contributed by atoms with van der Waals surface area (Å²) >= 11 is 0. The molecule has 0 aliphatic rings. The molecule has 1 heterocycles. The molecule has 68 valence electrons. The van der Waals surface area contributed by atoms with Crippen molar-refractivity contribution in [3.63, 3.8) is 0 Å². The summed E-state index contributed by atoms with van der Waals surface area (Å²) in [5.74, 6) is 0. The minimum atomic E-state index is -0.158. The summed E-state index contributed by atoms with van der Waals surface area (Å²) in [4.78, 5) is 3.82. The van der Waals surface area contributed by atoms with Crippen LogP contribution in [0.5, 0.6) is 0 Å². The van der Waals surface area contributed by atoms with Crippen molar-refractivity contribution in [3.05, 3.63) is 12.7 Å². The van der Waals surface area contributed by atoms with Gasteiger partial charge in [0.05, 0.1) is 0 Å². The topological polar surface area (TPSA) is 49.2 Å². The SMILES string of the molecule is COC(CCn1cncn1)OC. The average Bonchev–Trinajstić information content (AvgIpc) is 2.59. The molecule has 0 bridgehead atoms. The van der Waals surface area contributed by atoms with E-state index in [2.05, 4.69) is 10.1 Å². The van der Waals surface area contributed by atoms with Crippen LogP contribution < -0.4 is 0 Å². The molecule has 0 spiro atoms. The van der Waals surface area contributed by atoms with E-state index in [0.29, 0.717) is 0 Å². The standard InChI is InChI=1S/C7H13N3O2/c1-11-7(12-2)3-4-10-6-8-5-9-10/h5-7H,3-4H2,1-2H3. The lowest BCUT2D eigenvalue weighted by Crippen LogP contribution is -2.16. The molecule has 0 aliphatic carbocycles. The molecule has 12 heavy (non-hydrogen) atoms. The van der Waals surface area contributed by atoms with Crippen molar-refractivity contribution in [2.45, 2.75) is 19.3 Å². The number of aromatic nitrogens is 3. The third-order valence-electron chi connectivity index (χ3n) is 1.59. The van der Waals surface area contributed by atoms with Crippen molar-refractivity contribution < 1.29 is 9.47 Å². The largest absolute Gasteiger partial charge is 0.356 e. The first kappa shape index (κ1) is 9.15. The number of aryl methyl sites for hydroxylation is 1. The maximum Gasteiger partial charge on any atom is 0.158 e. The Bertz CT molecular complexity index is 196. The number of hydrogen-bond acceptors (Lipinski definition) is 4. The maximum absolute atomic E-state index is 5.01. The highest BCUT2D eigenvalue weighted by Crippen LogP contribution is 1.99. The van der Waals surface area contributed by atoms with Crippen molar-refractivity contribution in [2.75, 3.05) is 14.2 Å². The van der Waals surface area contributed by atoms with Crippen molar-refractivity contribution in [3.8, 4) is 0 Å². The van der Waals surface area contributed by atoms with Gasteiger partial charge in [-0.25, -0.2) is 4.98 Å². The third kappa shape index (κ3) is 2.60. The van der Waals surface area contributed by atoms with Gasteiger partial charge >= 0.3 is 0 Å². The van der Waals surface area contributed by atoms with E-state index < -0.39 is 0 Å². The Morgan fingerprint density at radius 3 is 2.67 bits per heavy atom. The van der Waals surface area contributed by atoms with Gasteiger partial charge in [-0.15, -0.1) is 0 Å². The fourth-order valence-electron chi connectivity index (χ4n) is 0.918. The second-order valence-corrected chi connectivity index (χ2v) is 2.35. The van der Waals surface area contributed by atoms with E-state index in [9.17, 15) is 0 Å². The normalized spacial score (nSPS) is 10.9. The fraction of sp³-hybridized carbons (Fsp3) is 0.714. The van der Waals surface area contributed by atoms with Crippen LogP contribution in [-0.4, -0.2) is 35.3 Å². The van der Waals surface area contributed by atoms with Gasteiger partial charge in [0, 0.05) is 27.2 Å². The van der Waals surface area contributed by atoms with Crippen molar-refractivity contribution in [1.29, 1.82) is 0 Å². The second kappa shape index (κ2) is 4.84. The Hall–Kier alpha value is -0.940. The fourth-order valence-corrected chi connectivity index (χ4v) is 0.918. The molecule has 0 fully saturated rings. The molecule has 0 aliphatic heterocycles. The van der Waals surface area contributed by atoms with Crippen LogP contribution in [-0.2, 0) is 16.0 Å². The predicted octanol–water partition coefficient (Wildman–Crippen LogP) is 0.287. The Kier molecular flexibility index (Phi) is 3.69. The molecule has 5 nitrogen and oxygen atoms in total. The summed E-state index contributed by atoms with van der Waals surface area (Å²) in [6, 6.07) is 0. The molecule has 0 saturated carbocycles. The number of ether oxygens (including phenoxy) is 2.